The van der Waals surface area contributed by atoms with Gasteiger partial charge in [-0.15, -0.1) is 0 Å². The molecule has 1 aromatic rings. The molecule has 3 aliphatic carbocycles. The Morgan fingerprint density at radius 3 is 2.50 bits per heavy atom. The third kappa shape index (κ3) is 1.91. The highest BCUT2D eigenvalue weighted by molar-refractivity contribution is 5.32. The van der Waals surface area contributed by atoms with E-state index in [9.17, 15) is 15.3 Å². The minimum Gasteiger partial charge on any atom is -0.469 e. The zero-order valence-corrected chi connectivity index (χ0v) is 15.1. The molecular weight excluding hydrogens is 304 g/mol. The van der Waals surface area contributed by atoms with Crippen LogP contribution in [-0.4, -0.2) is 27.5 Å². The lowest BCUT2D eigenvalue weighted by atomic mass is 9.42. The molecule has 1 heterocycles. The third-order valence-electron chi connectivity index (χ3n) is 7.77. The van der Waals surface area contributed by atoms with Gasteiger partial charge in [-0.3, -0.25) is 0 Å². The Morgan fingerprint density at radius 2 is 1.79 bits per heavy atom. The van der Waals surface area contributed by atoms with Crippen LogP contribution in [-0.2, 0) is 12.0 Å². The van der Waals surface area contributed by atoms with Crippen molar-refractivity contribution in [2.75, 3.05) is 0 Å². The minimum absolute atomic E-state index is 0.0202. The molecule has 0 unspecified atom stereocenters. The summed E-state index contributed by atoms with van der Waals surface area (Å²) in [4.78, 5) is 0. The molecule has 24 heavy (non-hydrogen) atoms. The van der Waals surface area contributed by atoms with E-state index >= 15 is 0 Å². The molecule has 1 aromatic heterocycles. The number of furan rings is 1. The maximum Gasteiger partial charge on any atom is 0.110 e. The molecule has 3 N–H and O–H groups in total. The van der Waals surface area contributed by atoms with Gasteiger partial charge in [0.1, 0.15) is 5.76 Å². The molecule has 0 saturated heterocycles. The van der Waals surface area contributed by atoms with Crippen LogP contribution in [0.1, 0.15) is 58.3 Å². The van der Waals surface area contributed by atoms with Gasteiger partial charge in [0.05, 0.1) is 24.1 Å². The van der Waals surface area contributed by atoms with Crippen molar-refractivity contribution in [2.24, 2.45) is 28.6 Å². The zero-order valence-electron chi connectivity index (χ0n) is 15.1. The summed E-state index contributed by atoms with van der Waals surface area (Å²) in [7, 11) is 0. The highest BCUT2D eigenvalue weighted by Crippen LogP contribution is 2.65. The van der Waals surface area contributed by atoms with Gasteiger partial charge >= 0.3 is 0 Å². The van der Waals surface area contributed by atoms with Gasteiger partial charge < -0.3 is 19.7 Å². The summed E-state index contributed by atoms with van der Waals surface area (Å²) in [5.74, 6) is 0.609. The Labute approximate surface area is 143 Å². The summed E-state index contributed by atoms with van der Waals surface area (Å²) in [5, 5.41) is 33.4. The van der Waals surface area contributed by atoms with Crippen LogP contribution in [0.3, 0.4) is 0 Å². The highest BCUT2D eigenvalue weighted by atomic mass is 16.3. The molecule has 4 heteroatoms. The van der Waals surface area contributed by atoms with Gasteiger partial charge in [0.2, 0.25) is 0 Å². The summed E-state index contributed by atoms with van der Waals surface area (Å²) in [5.41, 5.74) is -0.541. The molecule has 0 amide bonds. The van der Waals surface area contributed by atoms with Crippen LogP contribution in [0.15, 0.2) is 16.7 Å². The van der Waals surface area contributed by atoms with Crippen LogP contribution in [0.2, 0.25) is 0 Å². The van der Waals surface area contributed by atoms with E-state index in [1.165, 1.54) is 0 Å². The van der Waals surface area contributed by atoms with E-state index in [0.717, 1.165) is 37.0 Å². The number of hydrogen-bond acceptors (Lipinski definition) is 4. The van der Waals surface area contributed by atoms with Crippen molar-refractivity contribution in [2.45, 2.75) is 71.2 Å². The minimum atomic E-state index is -1.18. The monoisotopic (exact) mass is 334 g/mol. The van der Waals surface area contributed by atoms with E-state index < -0.39 is 17.8 Å². The second kappa shape index (κ2) is 4.87. The standard InChI is InChI=1S/C20H30O4/c1-18(2)7-5-8-19(3)12-10-13-11(6-9-24-13)20(4,23)14(12)15(21)16(22)17(18)19/h6,9,12,14-17,21-23H,5,7-8,10H2,1-4H3/t12-,14+,15-,16+,17+,19-,20-/m1/s1. The molecule has 0 bridgehead atoms. The maximum atomic E-state index is 11.3. The smallest absolute Gasteiger partial charge is 0.110 e. The molecule has 4 nitrogen and oxygen atoms in total. The largest absolute Gasteiger partial charge is 0.469 e. The SMILES string of the molecule is CC1(C)CCC[C@]2(C)[C@@H]3Cc4occc4[C@@](C)(O)[C@@H]3[C@@H](O)[C@H](O)[C@@H]12. The molecule has 0 aromatic carbocycles. The fourth-order valence-corrected chi connectivity index (χ4v) is 6.87. The van der Waals surface area contributed by atoms with Crippen LogP contribution in [0.25, 0.3) is 0 Å². The van der Waals surface area contributed by atoms with Crippen molar-refractivity contribution in [3.8, 4) is 0 Å². The first-order chi connectivity index (χ1) is 11.1. The lowest BCUT2D eigenvalue weighted by Gasteiger charge is -2.65. The second-order valence-electron chi connectivity index (χ2n) is 9.55. The fourth-order valence-electron chi connectivity index (χ4n) is 6.87. The van der Waals surface area contributed by atoms with Crippen LogP contribution in [0, 0.1) is 28.6 Å². The predicted octanol–water partition coefficient (Wildman–Crippen LogP) is 2.84. The maximum absolute atomic E-state index is 11.3. The normalized spacial score (nSPS) is 49.9. The molecule has 2 fully saturated rings. The Balaban J connectivity index is 1.88. The number of fused-ring (bicyclic) bond motifs is 4. The quantitative estimate of drug-likeness (QED) is 0.682. The van der Waals surface area contributed by atoms with Crippen LogP contribution in [0.5, 0.6) is 0 Å². The lowest BCUT2D eigenvalue weighted by Crippen LogP contribution is -2.67. The summed E-state index contributed by atoms with van der Waals surface area (Å²) >= 11 is 0. The zero-order chi connectivity index (χ0) is 17.5. The highest BCUT2D eigenvalue weighted by Gasteiger charge is 2.66. The van der Waals surface area contributed by atoms with E-state index in [1.54, 1.807) is 13.2 Å². The summed E-state index contributed by atoms with van der Waals surface area (Å²) < 4.78 is 5.68. The van der Waals surface area contributed by atoms with Crippen molar-refractivity contribution in [3.05, 3.63) is 23.7 Å². The van der Waals surface area contributed by atoms with Crippen molar-refractivity contribution in [3.63, 3.8) is 0 Å². The number of rotatable bonds is 0. The van der Waals surface area contributed by atoms with E-state index in [0.29, 0.717) is 0 Å². The molecular formula is C20H30O4. The Kier molecular flexibility index (Phi) is 3.37. The predicted molar refractivity (Wildman–Crippen MR) is 90.2 cm³/mol. The van der Waals surface area contributed by atoms with E-state index in [-0.39, 0.29) is 28.6 Å². The van der Waals surface area contributed by atoms with Gasteiger partial charge in [0.25, 0.3) is 0 Å². The molecule has 0 aliphatic heterocycles. The molecule has 2 saturated carbocycles. The molecule has 0 radical (unpaired) electrons. The van der Waals surface area contributed by atoms with Gasteiger partial charge in [-0.25, -0.2) is 0 Å². The average molecular weight is 334 g/mol. The van der Waals surface area contributed by atoms with Crippen LogP contribution in [0.4, 0.5) is 0 Å². The Morgan fingerprint density at radius 1 is 1.08 bits per heavy atom. The van der Waals surface area contributed by atoms with Crippen LogP contribution < -0.4 is 0 Å². The topological polar surface area (TPSA) is 73.8 Å². The Hall–Kier alpha value is -0.840. The molecule has 3 aliphatic rings. The number of aliphatic hydroxyl groups is 3. The average Bonchev–Trinajstić information content (AvgIpc) is 2.93. The van der Waals surface area contributed by atoms with Gasteiger partial charge in [-0.05, 0) is 48.5 Å². The number of aliphatic hydroxyl groups excluding tert-OH is 2. The number of hydrogen-bond donors (Lipinski definition) is 3. The van der Waals surface area contributed by atoms with E-state index in [2.05, 4.69) is 20.8 Å². The van der Waals surface area contributed by atoms with Crippen LogP contribution >= 0.6 is 0 Å². The molecule has 4 rings (SSSR count). The second-order valence-corrected chi connectivity index (χ2v) is 9.55. The van der Waals surface area contributed by atoms with Crippen molar-refractivity contribution < 1.29 is 19.7 Å². The first-order valence-electron chi connectivity index (χ1n) is 9.26. The van der Waals surface area contributed by atoms with E-state index in [4.69, 9.17) is 4.42 Å². The first-order valence-corrected chi connectivity index (χ1v) is 9.26. The van der Waals surface area contributed by atoms with Gasteiger partial charge in [0, 0.05) is 17.9 Å². The molecule has 7 atom stereocenters. The Bertz CT molecular complexity index is 646. The van der Waals surface area contributed by atoms with Crippen molar-refractivity contribution in [1.82, 2.24) is 0 Å². The van der Waals surface area contributed by atoms with Crippen molar-refractivity contribution in [1.29, 1.82) is 0 Å². The summed E-state index contributed by atoms with van der Waals surface area (Å²) in [6, 6.07) is 1.81. The van der Waals surface area contributed by atoms with Crippen molar-refractivity contribution >= 4 is 0 Å². The fraction of sp³-hybridized carbons (Fsp3) is 0.800. The summed E-state index contributed by atoms with van der Waals surface area (Å²) in [6.07, 6.45) is 3.86. The molecule has 134 valence electrons. The van der Waals surface area contributed by atoms with Gasteiger partial charge in [-0.1, -0.05) is 27.2 Å². The molecule has 0 spiro atoms. The van der Waals surface area contributed by atoms with E-state index in [1.807, 2.05) is 6.07 Å². The lowest BCUT2D eigenvalue weighted by molar-refractivity contribution is -0.250. The van der Waals surface area contributed by atoms with Gasteiger partial charge in [0.15, 0.2) is 0 Å². The summed E-state index contributed by atoms with van der Waals surface area (Å²) in [6.45, 7) is 8.45. The third-order valence-corrected chi connectivity index (χ3v) is 7.77. The first kappa shape index (κ1) is 16.6. The van der Waals surface area contributed by atoms with Gasteiger partial charge in [-0.2, -0.15) is 0 Å².